The van der Waals surface area contributed by atoms with E-state index in [2.05, 4.69) is 0 Å². The fraction of sp³-hybridized carbons (Fsp3) is 0.250. The molecule has 1 atom stereocenters. The smallest absolute Gasteiger partial charge is 0.326 e. The standard InChI is InChI=1S/C16H20NO3P/c1-13(2)16(21(18,19)20)17(14-9-5-3-6-10-14)15-11-7-4-8-12-15/h3-13,16H,1-2H3,(H2,18,19,20). The molecule has 2 aromatic rings. The quantitative estimate of drug-likeness (QED) is 0.820. The van der Waals surface area contributed by atoms with E-state index in [0.29, 0.717) is 0 Å². The van der Waals surface area contributed by atoms with Crippen LogP contribution in [0.1, 0.15) is 13.8 Å². The highest BCUT2D eigenvalue weighted by Gasteiger charge is 2.38. The summed E-state index contributed by atoms with van der Waals surface area (Å²) in [4.78, 5) is 21.3. The van der Waals surface area contributed by atoms with Gasteiger partial charge in [-0.05, 0) is 30.2 Å². The monoisotopic (exact) mass is 305 g/mol. The van der Waals surface area contributed by atoms with Crippen LogP contribution >= 0.6 is 7.60 Å². The van der Waals surface area contributed by atoms with Crippen molar-refractivity contribution in [3.05, 3.63) is 60.7 Å². The molecule has 0 heterocycles. The second-order valence-corrected chi connectivity index (χ2v) is 7.00. The van der Waals surface area contributed by atoms with Crippen molar-refractivity contribution in [2.75, 3.05) is 4.90 Å². The van der Waals surface area contributed by atoms with Gasteiger partial charge in [-0.1, -0.05) is 50.2 Å². The van der Waals surface area contributed by atoms with E-state index in [0.717, 1.165) is 11.4 Å². The molecule has 0 fully saturated rings. The lowest BCUT2D eigenvalue weighted by atomic mass is 10.1. The lowest BCUT2D eigenvalue weighted by Crippen LogP contribution is -2.35. The zero-order valence-electron chi connectivity index (χ0n) is 12.1. The average molecular weight is 305 g/mol. The van der Waals surface area contributed by atoms with E-state index >= 15 is 0 Å². The Balaban J connectivity index is 2.58. The van der Waals surface area contributed by atoms with Gasteiger partial charge in [0.2, 0.25) is 0 Å². The molecule has 0 aliphatic carbocycles. The molecule has 0 aromatic heterocycles. The maximum absolute atomic E-state index is 12.0. The minimum absolute atomic E-state index is 0.203. The molecule has 0 radical (unpaired) electrons. The molecule has 5 heteroatoms. The van der Waals surface area contributed by atoms with E-state index in [9.17, 15) is 14.4 Å². The largest absolute Gasteiger partial charge is 0.348 e. The molecule has 0 amide bonds. The highest BCUT2D eigenvalue weighted by Crippen LogP contribution is 2.50. The lowest BCUT2D eigenvalue weighted by Gasteiger charge is -2.36. The first kappa shape index (κ1) is 15.8. The molecule has 2 rings (SSSR count). The van der Waals surface area contributed by atoms with Crippen LogP contribution in [0, 0.1) is 5.92 Å². The molecule has 0 saturated heterocycles. The SMILES string of the molecule is CC(C)C(N(c1ccccc1)c1ccccc1)P(=O)(O)O. The topological polar surface area (TPSA) is 60.8 Å². The molecule has 0 spiro atoms. The first-order chi connectivity index (χ1) is 9.91. The van der Waals surface area contributed by atoms with Crippen molar-refractivity contribution in [2.45, 2.75) is 19.6 Å². The van der Waals surface area contributed by atoms with Crippen LogP contribution in [0.2, 0.25) is 0 Å². The Hall–Kier alpha value is -1.61. The maximum Gasteiger partial charge on any atom is 0.348 e. The van der Waals surface area contributed by atoms with Gasteiger partial charge in [0.15, 0.2) is 0 Å². The van der Waals surface area contributed by atoms with Crippen LogP contribution < -0.4 is 4.90 Å². The molecular weight excluding hydrogens is 285 g/mol. The molecule has 0 bridgehead atoms. The van der Waals surface area contributed by atoms with E-state index in [1.165, 1.54) is 0 Å². The summed E-state index contributed by atoms with van der Waals surface area (Å²) in [6.07, 6.45) is 0. The van der Waals surface area contributed by atoms with Gasteiger partial charge in [0.1, 0.15) is 5.78 Å². The average Bonchev–Trinajstić information content (AvgIpc) is 2.44. The molecule has 0 aliphatic rings. The van der Waals surface area contributed by atoms with Crippen molar-refractivity contribution < 1.29 is 14.4 Å². The van der Waals surface area contributed by atoms with Crippen LogP contribution in [0.4, 0.5) is 11.4 Å². The summed E-state index contributed by atoms with van der Waals surface area (Å²) in [6, 6.07) is 18.7. The number of hydrogen-bond donors (Lipinski definition) is 2. The summed E-state index contributed by atoms with van der Waals surface area (Å²) >= 11 is 0. The number of rotatable bonds is 5. The Morgan fingerprint density at radius 3 is 1.52 bits per heavy atom. The Labute approximate surface area is 125 Å². The van der Waals surface area contributed by atoms with E-state index in [4.69, 9.17) is 0 Å². The van der Waals surface area contributed by atoms with Crippen molar-refractivity contribution in [3.63, 3.8) is 0 Å². The maximum atomic E-state index is 12.0. The van der Waals surface area contributed by atoms with Gasteiger partial charge >= 0.3 is 7.60 Å². The van der Waals surface area contributed by atoms with E-state index < -0.39 is 13.4 Å². The zero-order chi connectivity index (χ0) is 15.5. The van der Waals surface area contributed by atoms with Gasteiger partial charge in [-0.15, -0.1) is 0 Å². The second-order valence-electron chi connectivity index (χ2n) is 5.29. The number of anilines is 2. The Morgan fingerprint density at radius 1 is 0.857 bits per heavy atom. The van der Waals surface area contributed by atoms with E-state index in [1.54, 1.807) is 4.90 Å². The summed E-state index contributed by atoms with van der Waals surface area (Å²) < 4.78 is 12.0. The van der Waals surface area contributed by atoms with Gasteiger partial charge in [-0.2, -0.15) is 0 Å². The molecule has 4 nitrogen and oxygen atoms in total. The first-order valence-electron chi connectivity index (χ1n) is 6.86. The van der Waals surface area contributed by atoms with Crippen molar-refractivity contribution >= 4 is 19.0 Å². The van der Waals surface area contributed by atoms with Crippen molar-refractivity contribution in [1.82, 2.24) is 0 Å². The molecule has 0 saturated carbocycles. The number of nitrogens with zero attached hydrogens (tertiary/aromatic N) is 1. The second kappa shape index (κ2) is 6.44. The Kier molecular flexibility index (Phi) is 4.84. The third kappa shape index (κ3) is 3.73. The zero-order valence-corrected chi connectivity index (χ0v) is 13.0. The highest BCUT2D eigenvalue weighted by atomic mass is 31.2. The molecule has 0 aliphatic heterocycles. The third-order valence-corrected chi connectivity index (χ3v) is 4.79. The summed E-state index contributed by atoms with van der Waals surface area (Å²) in [7, 11) is -4.29. The fourth-order valence-corrected chi connectivity index (χ4v) is 3.81. The van der Waals surface area contributed by atoms with Crippen LogP contribution in [-0.2, 0) is 4.57 Å². The Bertz CT molecular complexity index is 570. The van der Waals surface area contributed by atoms with E-state index in [-0.39, 0.29) is 5.92 Å². The summed E-state index contributed by atoms with van der Waals surface area (Å²) in [6.45, 7) is 3.64. The van der Waals surface area contributed by atoms with Gasteiger partial charge in [-0.25, -0.2) is 0 Å². The van der Waals surface area contributed by atoms with Gasteiger partial charge in [0.25, 0.3) is 0 Å². The highest BCUT2D eigenvalue weighted by molar-refractivity contribution is 7.52. The first-order valence-corrected chi connectivity index (χ1v) is 8.54. The van der Waals surface area contributed by atoms with Crippen molar-refractivity contribution in [1.29, 1.82) is 0 Å². The normalized spacial score (nSPS) is 13.2. The number of hydrogen-bond acceptors (Lipinski definition) is 2. The van der Waals surface area contributed by atoms with Crippen LogP contribution in [0.25, 0.3) is 0 Å². The Morgan fingerprint density at radius 2 is 1.24 bits per heavy atom. The minimum atomic E-state index is -4.29. The molecule has 2 N–H and O–H groups in total. The molecular formula is C16H20NO3P. The van der Waals surface area contributed by atoms with Crippen LogP contribution in [0.5, 0.6) is 0 Å². The fourth-order valence-electron chi connectivity index (χ4n) is 2.47. The predicted molar refractivity (Wildman–Crippen MR) is 85.7 cm³/mol. The van der Waals surface area contributed by atoms with Crippen LogP contribution in [0.3, 0.4) is 0 Å². The molecule has 112 valence electrons. The van der Waals surface area contributed by atoms with Gasteiger partial charge in [-0.3, -0.25) is 4.57 Å². The third-order valence-electron chi connectivity index (χ3n) is 3.27. The summed E-state index contributed by atoms with van der Waals surface area (Å²) in [5.74, 6) is -1.10. The van der Waals surface area contributed by atoms with Crippen molar-refractivity contribution in [2.24, 2.45) is 5.92 Å². The lowest BCUT2D eigenvalue weighted by molar-refractivity contribution is 0.342. The van der Waals surface area contributed by atoms with Gasteiger partial charge < -0.3 is 14.7 Å². The predicted octanol–water partition coefficient (Wildman–Crippen LogP) is 3.98. The van der Waals surface area contributed by atoms with E-state index in [1.807, 2.05) is 74.5 Å². The molecule has 21 heavy (non-hydrogen) atoms. The number of benzene rings is 2. The molecule has 2 aromatic carbocycles. The van der Waals surface area contributed by atoms with Gasteiger partial charge in [0.05, 0.1) is 0 Å². The van der Waals surface area contributed by atoms with Gasteiger partial charge in [0, 0.05) is 11.4 Å². The summed E-state index contributed by atoms with van der Waals surface area (Å²) in [5.41, 5.74) is 1.54. The minimum Gasteiger partial charge on any atom is -0.326 e. The van der Waals surface area contributed by atoms with Crippen LogP contribution in [0.15, 0.2) is 60.7 Å². The molecule has 1 unspecified atom stereocenters. The van der Waals surface area contributed by atoms with Crippen LogP contribution in [-0.4, -0.2) is 15.6 Å². The summed E-state index contributed by atoms with van der Waals surface area (Å²) in [5, 5.41) is 0. The number of para-hydroxylation sites is 2. The van der Waals surface area contributed by atoms with Crippen molar-refractivity contribution in [3.8, 4) is 0 Å².